The van der Waals surface area contributed by atoms with Crippen molar-refractivity contribution in [2.75, 3.05) is 5.73 Å². The molecule has 1 aromatic carbocycles. The first-order chi connectivity index (χ1) is 9.86. The molecular formula is C14H11F3N4. The number of nitrogen functional groups attached to an aromatic ring is 1. The highest BCUT2D eigenvalue weighted by Gasteiger charge is 2.30. The fourth-order valence-corrected chi connectivity index (χ4v) is 2.19. The zero-order chi connectivity index (χ0) is 15.2. The number of pyridine rings is 1. The Labute approximate surface area is 118 Å². The molecule has 0 aliphatic heterocycles. The van der Waals surface area contributed by atoms with E-state index in [1.54, 1.807) is 16.7 Å². The molecule has 7 heteroatoms. The topological polar surface area (TPSA) is 56.2 Å². The Morgan fingerprint density at radius 3 is 2.38 bits per heavy atom. The van der Waals surface area contributed by atoms with Crippen molar-refractivity contribution in [1.29, 1.82) is 0 Å². The van der Waals surface area contributed by atoms with Crippen molar-refractivity contribution in [2.45, 2.75) is 13.1 Å². The first kappa shape index (κ1) is 13.4. The number of rotatable bonds is 1. The lowest BCUT2D eigenvalue weighted by atomic mass is 10.1. The number of anilines is 1. The van der Waals surface area contributed by atoms with Gasteiger partial charge in [0.05, 0.1) is 5.56 Å². The van der Waals surface area contributed by atoms with Crippen LogP contribution in [0.25, 0.3) is 17.0 Å². The summed E-state index contributed by atoms with van der Waals surface area (Å²) in [6, 6.07) is 6.56. The number of fused-ring (bicyclic) bond motifs is 1. The van der Waals surface area contributed by atoms with Crippen molar-refractivity contribution >= 4 is 11.3 Å². The molecule has 0 amide bonds. The third kappa shape index (κ3) is 2.31. The highest BCUT2D eigenvalue weighted by atomic mass is 19.4. The van der Waals surface area contributed by atoms with Crippen molar-refractivity contribution in [3.8, 4) is 11.4 Å². The molecule has 3 aromatic rings. The predicted octanol–water partition coefficient (Wildman–Crippen LogP) is 3.31. The summed E-state index contributed by atoms with van der Waals surface area (Å²) in [5.74, 6) is 0.453. The maximum absolute atomic E-state index is 12.6. The molecule has 0 spiro atoms. The molecule has 108 valence electrons. The smallest absolute Gasteiger partial charge is 0.398 e. The molecule has 2 heterocycles. The highest BCUT2D eigenvalue weighted by molar-refractivity contribution is 5.64. The van der Waals surface area contributed by atoms with Crippen LogP contribution in [0.4, 0.5) is 18.9 Å². The Kier molecular flexibility index (Phi) is 2.86. The van der Waals surface area contributed by atoms with Gasteiger partial charge in [0.2, 0.25) is 0 Å². The van der Waals surface area contributed by atoms with Crippen molar-refractivity contribution in [3.63, 3.8) is 0 Å². The van der Waals surface area contributed by atoms with E-state index in [4.69, 9.17) is 5.73 Å². The number of alkyl halides is 3. The van der Waals surface area contributed by atoms with Gasteiger partial charge in [0.25, 0.3) is 0 Å². The maximum atomic E-state index is 12.6. The Hall–Kier alpha value is -2.57. The summed E-state index contributed by atoms with van der Waals surface area (Å²) in [4.78, 5) is 0. The fraction of sp³-hybridized carbons (Fsp3) is 0.143. The lowest BCUT2D eigenvalue weighted by Crippen LogP contribution is -2.04. The summed E-state index contributed by atoms with van der Waals surface area (Å²) in [7, 11) is 0. The van der Waals surface area contributed by atoms with Crippen LogP contribution in [-0.2, 0) is 6.18 Å². The first-order valence-electron chi connectivity index (χ1n) is 6.15. The van der Waals surface area contributed by atoms with Crippen LogP contribution >= 0.6 is 0 Å². The second-order valence-corrected chi connectivity index (χ2v) is 4.75. The molecular weight excluding hydrogens is 281 g/mol. The average Bonchev–Trinajstić information content (AvgIpc) is 2.82. The molecule has 0 unspecified atom stereocenters. The molecule has 0 aliphatic rings. The predicted molar refractivity (Wildman–Crippen MR) is 72.6 cm³/mol. The van der Waals surface area contributed by atoms with Crippen LogP contribution in [0, 0.1) is 6.92 Å². The molecule has 0 atom stereocenters. The third-order valence-corrected chi connectivity index (χ3v) is 3.18. The maximum Gasteiger partial charge on any atom is 0.416 e. The Morgan fingerprint density at radius 1 is 1.10 bits per heavy atom. The monoisotopic (exact) mass is 292 g/mol. The summed E-state index contributed by atoms with van der Waals surface area (Å²) >= 11 is 0. The average molecular weight is 292 g/mol. The standard InChI is InChI=1S/C14H11F3N4/c1-8-6-11(18)7-21-12(8)19-20-13(21)9-2-4-10(5-3-9)14(15,16)17/h2-7H,18H2,1H3. The zero-order valence-electron chi connectivity index (χ0n) is 11.0. The van der Waals surface area contributed by atoms with Crippen LogP contribution in [0.1, 0.15) is 11.1 Å². The van der Waals surface area contributed by atoms with Crippen LogP contribution in [0.3, 0.4) is 0 Å². The van der Waals surface area contributed by atoms with Crippen LogP contribution in [0.5, 0.6) is 0 Å². The van der Waals surface area contributed by atoms with Gasteiger partial charge < -0.3 is 5.73 Å². The normalized spacial score (nSPS) is 12.0. The van der Waals surface area contributed by atoms with Crippen LogP contribution in [-0.4, -0.2) is 14.6 Å². The van der Waals surface area contributed by atoms with Crippen LogP contribution in [0.2, 0.25) is 0 Å². The van der Waals surface area contributed by atoms with Gasteiger partial charge in [-0.15, -0.1) is 10.2 Å². The minimum absolute atomic E-state index is 0.453. The van der Waals surface area contributed by atoms with Gasteiger partial charge in [-0.25, -0.2) is 0 Å². The molecule has 0 radical (unpaired) electrons. The first-order valence-corrected chi connectivity index (χ1v) is 6.15. The molecule has 3 rings (SSSR count). The van der Waals surface area contributed by atoms with Crippen molar-refractivity contribution in [3.05, 3.63) is 47.7 Å². The van der Waals surface area contributed by atoms with Gasteiger partial charge in [-0.1, -0.05) is 12.1 Å². The van der Waals surface area contributed by atoms with Gasteiger partial charge in [0.15, 0.2) is 11.5 Å². The quantitative estimate of drug-likeness (QED) is 0.748. The number of hydrogen-bond donors (Lipinski definition) is 1. The molecule has 21 heavy (non-hydrogen) atoms. The van der Waals surface area contributed by atoms with E-state index in [0.29, 0.717) is 22.7 Å². The lowest BCUT2D eigenvalue weighted by molar-refractivity contribution is -0.137. The second kappa shape index (κ2) is 4.47. The molecule has 4 nitrogen and oxygen atoms in total. The Morgan fingerprint density at radius 2 is 1.76 bits per heavy atom. The summed E-state index contributed by atoms with van der Waals surface area (Å²) in [6.07, 6.45) is -2.71. The third-order valence-electron chi connectivity index (χ3n) is 3.18. The molecule has 0 bridgehead atoms. The van der Waals surface area contributed by atoms with Gasteiger partial charge in [-0.3, -0.25) is 4.40 Å². The summed E-state index contributed by atoms with van der Waals surface area (Å²) in [5.41, 5.74) is 7.64. The molecule has 0 saturated carbocycles. The molecule has 0 saturated heterocycles. The van der Waals surface area contributed by atoms with E-state index in [2.05, 4.69) is 10.2 Å². The number of benzene rings is 1. The number of nitrogens with two attached hydrogens (primary N) is 1. The Balaban J connectivity index is 2.13. The molecule has 2 N–H and O–H groups in total. The van der Waals surface area contributed by atoms with E-state index >= 15 is 0 Å². The van der Waals surface area contributed by atoms with Crippen molar-refractivity contribution in [1.82, 2.24) is 14.6 Å². The van der Waals surface area contributed by atoms with E-state index in [9.17, 15) is 13.2 Å². The number of aromatic nitrogens is 3. The van der Waals surface area contributed by atoms with E-state index in [-0.39, 0.29) is 0 Å². The van der Waals surface area contributed by atoms with Crippen LogP contribution < -0.4 is 5.73 Å². The summed E-state index contributed by atoms with van der Waals surface area (Å²) in [6.45, 7) is 1.84. The SMILES string of the molecule is Cc1cc(N)cn2c(-c3ccc(C(F)(F)F)cc3)nnc12. The number of halogens is 3. The van der Waals surface area contributed by atoms with Gasteiger partial charge in [-0.05, 0) is 30.7 Å². The van der Waals surface area contributed by atoms with Gasteiger partial charge in [0.1, 0.15) is 0 Å². The number of aryl methyl sites for hydroxylation is 1. The van der Waals surface area contributed by atoms with Gasteiger partial charge >= 0.3 is 6.18 Å². The molecule has 0 aliphatic carbocycles. The van der Waals surface area contributed by atoms with Gasteiger partial charge in [0, 0.05) is 17.4 Å². The molecule has 0 fully saturated rings. The highest BCUT2D eigenvalue weighted by Crippen LogP contribution is 2.31. The lowest BCUT2D eigenvalue weighted by Gasteiger charge is -2.07. The van der Waals surface area contributed by atoms with E-state index in [0.717, 1.165) is 17.7 Å². The minimum atomic E-state index is -4.35. The minimum Gasteiger partial charge on any atom is -0.398 e. The van der Waals surface area contributed by atoms with Crippen molar-refractivity contribution in [2.24, 2.45) is 0 Å². The zero-order valence-corrected chi connectivity index (χ0v) is 11.0. The van der Waals surface area contributed by atoms with Crippen molar-refractivity contribution < 1.29 is 13.2 Å². The summed E-state index contributed by atoms with van der Waals surface area (Å²) < 4.78 is 39.4. The number of nitrogens with zero attached hydrogens (tertiary/aromatic N) is 3. The fourth-order valence-electron chi connectivity index (χ4n) is 2.19. The van der Waals surface area contributed by atoms with E-state index < -0.39 is 11.7 Å². The molecule has 2 aromatic heterocycles. The number of hydrogen-bond acceptors (Lipinski definition) is 3. The van der Waals surface area contributed by atoms with Crippen LogP contribution in [0.15, 0.2) is 36.5 Å². The Bertz CT molecular complexity index is 803. The van der Waals surface area contributed by atoms with E-state index in [1.165, 1.54) is 12.1 Å². The summed E-state index contributed by atoms with van der Waals surface area (Å²) in [5, 5.41) is 8.08. The second-order valence-electron chi connectivity index (χ2n) is 4.75. The van der Waals surface area contributed by atoms with E-state index in [1.807, 2.05) is 6.92 Å². The van der Waals surface area contributed by atoms with Gasteiger partial charge in [-0.2, -0.15) is 13.2 Å². The largest absolute Gasteiger partial charge is 0.416 e.